The smallest absolute Gasteiger partial charge is 0.337 e. The van der Waals surface area contributed by atoms with E-state index < -0.39 is 34.4 Å². The number of carbonyl (C=O) groups excluding carboxylic acids is 3. The molecule has 3 rings (SSSR count). The number of hydrogen-bond donors (Lipinski definition) is 1. The van der Waals surface area contributed by atoms with Crippen LogP contribution in [0.5, 0.6) is 0 Å². The van der Waals surface area contributed by atoms with Crippen LogP contribution in [0.4, 0.5) is 5.69 Å². The number of esters is 2. The third-order valence-electron chi connectivity index (χ3n) is 5.76. The lowest BCUT2D eigenvalue weighted by molar-refractivity contribution is -0.116. The molecule has 188 valence electrons. The van der Waals surface area contributed by atoms with Gasteiger partial charge in [-0.25, -0.2) is 18.0 Å². The summed E-state index contributed by atoms with van der Waals surface area (Å²) in [5, 5.41) is 3.00. The molecule has 2 aromatic rings. The maximum Gasteiger partial charge on any atom is 0.337 e. The second-order valence-corrected chi connectivity index (χ2v) is 10.5. The molecule has 1 fully saturated rings. The predicted molar refractivity (Wildman–Crippen MR) is 130 cm³/mol. The molecule has 0 aromatic heterocycles. The van der Waals surface area contributed by atoms with Crippen molar-refractivity contribution in [2.75, 3.05) is 26.1 Å². The third-order valence-corrected chi connectivity index (χ3v) is 7.93. The largest absolute Gasteiger partial charge is 0.465 e. The number of anilines is 1. The summed E-state index contributed by atoms with van der Waals surface area (Å²) in [4.78, 5) is 37.1. The highest BCUT2D eigenvalue weighted by atomic mass is 35.5. The lowest BCUT2D eigenvalue weighted by Crippen LogP contribution is -2.45. The molecule has 0 unspecified atom stereocenters. The van der Waals surface area contributed by atoms with Gasteiger partial charge < -0.3 is 14.8 Å². The van der Waals surface area contributed by atoms with Crippen LogP contribution in [-0.2, 0) is 24.3 Å². The minimum atomic E-state index is -3.99. The Bertz CT molecular complexity index is 1160. The van der Waals surface area contributed by atoms with E-state index in [9.17, 15) is 22.8 Å². The number of nitrogens with zero attached hydrogens (tertiary/aromatic N) is 1. The first-order valence-corrected chi connectivity index (χ1v) is 12.9. The van der Waals surface area contributed by atoms with Crippen molar-refractivity contribution in [1.29, 1.82) is 0 Å². The van der Waals surface area contributed by atoms with Crippen LogP contribution in [0.15, 0.2) is 47.4 Å². The molecule has 0 atom stereocenters. The van der Waals surface area contributed by atoms with Gasteiger partial charge in [-0.15, -0.1) is 0 Å². The number of nitrogens with one attached hydrogen (secondary N) is 1. The van der Waals surface area contributed by atoms with E-state index in [1.54, 1.807) is 0 Å². The van der Waals surface area contributed by atoms with Crippen LogP contribution >= 0.6 is 11.6 Å². The fourth-order valence-corrected chi connectivity index (χ4v) is 5.80. The second-order valence-electron chi connectivity index (χ2n) is 8.13. The van der Waals surface area contributed by atoms with E-state index in [2.05, 4.69) is 5.32 Å². The van der Waals surface area contributed by atoms with Crippen LogP contribution < -0.4 is 5.32 Å². The Kier molecular flexibility index (Phi) is 8.87. The Morgan fingerprint density at radius 1 is 0.943 bits per heavy atom. The Morgan fingerprint density at radius 2 is 1.49 bits per heavy atom. The highest BCUT2D eigenvalue weighted by molar-refractivity contribution is 7.89. The molecule has 0 bridgehead atoms. The Hall–Kier alpha value is -2.95. The fourth-order valence-electron chi connectivity index (χ4n) is 4.03. The summed E-state index contributed by atoms with van der Waals surface area (Å²) in [6, 6.07) is 9.43. The van der Waals surface area contributed by atoms with E-state index in [-0.39, 0.29) is 27.8 Å². The van der Waals surface area contributed by atoms with E-state index in [4.69, 9.17) is 21.1 Å². The van der Waals surface area contributed by atoms with E-state index in [0.29, 0.717) is 17.9 Å². The highest BCUT2D eigenvalue weighted by Gasteiger charge is 2.34. The molecule has 1 saturated carbocycles. The van der Waals surface area contributed by atoms with Gasteiger partial charge in [-0.2, -0.15) is 4.31 Å². The van der Waals surface area contributed by atoms with Crippen LogP contribution in [0, 0.1) is 0 Å². The molecule has 9 nitrogen and oxygen atoms in total. The molecule has 2 aromatic carbocycles. The van der Waals surface area contributed by atoms with Gasteiger partial charge in [0.15, 0.2) is 0 Å². The van der Waals surface area contributed by atoms with E-state index in [1.165, 1.54) is 61.0 Å². The van der Waals surface area contributed by atoms with E-state index >= 15 is 0 Å². The van der Waals surface area contributed by atoms with Gasteiger partial charge in [0.2, 0.25) is 15.9 Å². The summed E-state index contributed by atoms with van der Waals surface area (Å²) in [7, 11) is -1.61. The molecule has 1 aliphatic carbocycles. The lowest BCUT2D eigenvalue weighted by Gasteiger charge is -2.33. The number of methoxy groups -OCH3 is 2. The fraction of sp³-hybridized carbons (Fsp3) is 0.375. The van der Waals surface area contributed by atoms with Crippen LogP contribution in [0.3, 0.4) is 0 Å². The molecular formula is C24H27ClN2O7S. The van der Waals surface area contributed by atoms with Crippen LogP contribution in [0.25, 0.3) is 0 Å². The van der Waals surface area contributed by atoms with Crippen molar-refractivity contribution in [1.82, 2.24) is 4.31 Å². The molecule has 1 aliphatic rings. The zero-order valence-corrected chi connectivity index (χ0v) is 21.0. The number of ether oxygens (including phenoxy) is 2. The highest BCUT2D eigenvalue weighted by Crippen LogP contribution is 2.28. The molecule has 0 saturated heterocycles. The van der Waals surface area contributed by atoms with E-state index in [0.717, 1.165) is 19.3 Å². The summed E-state index contributed by atoms with van der Waals surface area (Å²) >= 11 is 5.92. The Balaban J connectivity index is 1.89. The van der Waals surface area contributed by atoms with Crippen molar-refractivity contribution in [3.05, 3.63) is 58.6 Å². The summed E-state index contributed by atoms with van der Waals surface area (Å²) in [6.07, 6.45) is 4.02. The van der Waals surface area contributed by atoms with Gasteiger partial charge in [0.1, 0.15) is 0 Å². The van der Waals surface area contributed by atoms with Crippen molar-refractivity contribution in [2.45, 2.75) is 43.0 Å². The topological polar surface area (TPSA) is 119 Å². The Labute approximate surface area is 209 Å². The van der Waals surface area contributed by atoms with Crippen molar-refractivity contribution in [3.8, 4) is 0 Å². The van der Waals surface area contributed by atoms with Gasteiger partial charge in [-0.1, -0.05) is 30.9 Å². The third kappa shape index (κ3) is 6.59. The first kappa shape index (κ1) is 26.7. The van der Waals surface area contributed by atoms with Crippen molar-refractivity contribution < 1.29 is 32.3 Å². The molecule has 1 N–H and O–H groups in total. The monoisotopic (exact) mass is 522 g/mol. The van der Waals surface area contributed by atoms with Crippen LogP contribution in [-0.4, -0.2) is 57.4 Å². The molecule has 0 spiro atoms. The summed E-state index contributed by atoms with van der Waals surface area (Å²) in [6.45, 7) is -0.439. The van der Waals surface area contributed by atoms with Crippen LogP contribution in [0.1, 0.15) is 52.8 Å². The Morgan fingerprint density at radius 3 is 2.00 bits per heavy atom. The molecule has 11 heteroatoms. The van der Waals surface area contributed by atoms with Crippen molar-refractivity contribution in [3.63, 3.8) is 0 Å². The van der Waals surface area contributed by atoms with Gasteiger partial charge in [0.25, 0.3) is 0 Å². The number of rotatable bonds is 8. The average molecular weight is 523 g/mol. The second kappa shape index (κ2) is 11.7. The molecular weight excluding hydrogens is 496 g/mol. The summed E-state index contributed by atoms with van der Waals surface area (Å²) in [5.74, 6) is -2.04. The SMILES string of the molecule is COC(=O)c1cc(NC(=O)CN(C2CCCCC2)S(=O)(=O)c2ccc(Cl)cc2)cc(C(=O)OC)c1. The summed E-state index contributed by atoms with van der Waals surface area (Å²) in [5.41, 5.74) is 0.193. The zero-order valence-electron chi connectivity index (χ0n) is 19.5. The van der Waals surface area contributed by atoms with Gasteiger partial charge in [0, 0.05) is 16.8 Å². The van der Waals surface area contributed by atoms with Gasteiger partial charge >= 0.3 is 11.9 Å². The molecule has 0 radical (unpaired) electrons. The molecule has 35 heavy (non-hydrogen) atoms. The maximum absolute atomic E-state index is 13.5. The van der Waals surface area contributed by atoms with E-state index in [1.807, 2.05) is 0 Å². The quantitative estimate of drug-likeness (QED) is 0.522. The maximum atomic E-state index is 13.5. The number of hydrogen-bond acceptors (Lipinski definition) is 7. The number of benzene rings is 2. The molecule has 0 aliphatic heterocycles. The summed E-state index contributed by atoms with van der Waals surface area (Å²) < 4.78 is 37.6. The van der Waals surface area contributed by atoms with Crippen LogP contribution in [0.2, 0.25) is 5.02 Å². The number of sulfonamides is 1. The number of amides is 1. The molecule has 0 heterocycles. The minimum Gasteiger partial charge on any atom is -0.465 e. The number of carbonyl (C=O) groups is 3. The average Bonchev–Trinajstić information content (AvgIpc) is 2.86. The molecule has 1 amide bonds. The van der Waals surface area contributed by atoms with Gasteiger partial charge in [0.05, 0.1) is 36.8 Å². The predicted octanol–water partition coefficient (Wildman–Crippen LogP) is 3.88. The van der Waals surface area contributed by atoms with Gasteiger partial charge in [-0.05, 0) is 55.3 Å². The lowest BCUT2D eigenvalue weighted by atomic mass is 9.95. The zero-order chi connectivity index (χ0) is 25.6. The first-order valence-electron chi connectivity index (χ1n) is 11.0. The first-order chi connectivity index (χ1) is 16.6. The number of halogens is 1. The van der Waals surface area contributed by atoms with Crippen molar-refractivity contribution >= 4 is 45.2 Å². The van der Waals surface area contributed by atoms with Gasteiger partial charge in [-0.3, -0.25) is 4.79 Å². The standard InChI is InChI=1S/C24H27ClN2O7S/c1-33-23(29)16-12-17(24(30)34-2)14-19(13-16)26-22(28)15-27(20-6-4-3-5-7-20)35(31,32)21-10-8-18(25)9-11-21/h8-14,20H,3-7,15H2,1-2H3,(H,26,28). The van der Waals surface area contributed by atoms with Crippen molar-refractivity contribution in [2.24, 2.45) is 0 Å². The normalized spacial score (nSPS) is 14.4. The minimum absolute atomic E-state index is 0.0311.